The number of carbonyl (C=O) groups excluding carboxylic acids is 1. The lowest BCUT2D eigenvalue weighted by molar-refractivity contribution is 0.0743. The maximum atomic E-state index is 12.5. The van der Waals surface area contributed by atoms with Crippen molar-refractivity contribution in [2.75, 3.05) is 38.2 Å². The van der Waals surface area contributed by atoms with E-state index in [-0.39, 0.29) is 22.5 Å². The molecule has 0 aliphatic carbocycles. The van der Waals surface area contributed by atoms with Gasteiger partial charge >= 0.3 is 0 Å². The van der Waals surface area contributed by atoms with Gasteiger partial charge in [-0.05, 0) is 13.0 Å². The third-order valence-electron chi connectivity index (χ3n) is 3.82. The summed E-state index contributed by atoms with van der Waals surface area (Å²) in [6, 6.07) is 1.29. The molecule has 0 bridgehead atoms. The van der Waals surface area contributed by atoms with Crippen LogP contribution < -0.4 is 5.73 Å². The Labute approximate surface area is 135 Å². The average molecular weight is 346 g/mol. The van der Waals surface area contributed by atoms with Gasteiger partial charge in [-0.25, -0.2) is 8.42 Å². The summed E-state index contributed by atoms with van der Waals surface area (Å²) in [7, 11) is -1.88. The summed E-state index contributed by atoms with van der Waals surface area (Å²) in [5, 5.41) is 0. The number of hydrogen-bond acceptors (Lipinski definition) is 5. The van der Waals surface area contributed by atoms with E-state index in [0.29, 0.717) is 19.6 Å². The zero-order valence-corrected chi connectivity index (χ0v) is 14.4. The molecule has 2 heterocycles. The van der Waals surface area contributed by atoms with Crippen molar-refractivity contribution in [1.82, 2.24) is 14.2 Å². The van der Waals surface area contributed by atoms with Crippen LogP contribution in [0.5, 0.6) is 0 Å². The molecular formula is C13H22N4O3S2. The van der Waals surface area contributed by atoms with Crippen molar-refractivity contribution in [3.05, 3.63) is 18.0 Å². The highest BCUT2D eigenvalue weighted by Crippen LogP contribution is 2.21. The van der Waals surface area contributed by atoms with E-state index in [9.17, 15) is 13.2 Å². The molecule has 124 valence electrons. The molecule has 9 heteroatoms. The van der Waals surface area contributed by atoms with Crippen LogP contribution in [0.2, 0.25) is 0 Å². The number of H-pyrrole nitrogens is 1. The zero-order chi connectivity index (χ0) is 16.3. The fourth-order valence-electron chi connectivity index (χ4n) is 2.13. The highest BCUT2D eigenvalue weighted by atomic mass is 32.2. The van der Waals surface area contributed by atoms with Crippen LogP contribution in [0.25, 0.3) is 0 Å². The fraction of sp³-hybridized carbons (Fsp3) is 0.615. The molecule has 0 aromatic carbocycles. The van der Waals surface area contributed by atoms with E-state index in [1.807, 2.05) is 6.92 Å². The Morgan fingerprint density at radius 1 is 1.50 bits per heavy atom. The molecule has 3 N–H and O–H groups in total. The Balaban J connectivity index is 2.18. The summed E-state index contributed by atoms with van der Waals surface area (Å²) >= 11 is 1.74. The molecule has 7 nitrogen and oxygen atoms in total. The zero-order valence-electron chi connectivity index (χ0n) is 12.8. The quantitative estimate of drug-likeness (QED) is 0.792. The van der Waals surface area contributed by atoms with Crippen LogP contribution >= 0.6 is 11.8 Å². The van der Waals surface area contributed by atoms with E-state index >= 15 is 0 Å². The SMILES string of the molecule is CC(CN)N(C)C(=O)c1cc(S(=O)(=O)N2CCSCC2)c[nH]1. The highest BCUT2D eigenvalue weighted by molar-refractivity contribution is 7.99. The minimum absolute atomic E-state index is 0.116. The first-order chi connectivity index (χ1) is 10.4. The fourth-order valence-corrected chi connectivity index (χ4v) is 4.70. The number of likely N-dealkylation sites (N-methyl/N-ethyl adjacent to an activating group) is 1. The molecule has 1 amide bonds. The number of nitrogens with one attached hydrogen (secondary N) is 1. The molecule has 1 unspecified atom stereocenters. The summed E-state index contributed by atoms with van der Waals surface area (Å²) in [6.45, 7) is 3.20. The van der Waals surface area contributed by atoms with Gasteiger partial charge in [0.25, 0.3) is 5.91 Å². The monoisotopic (exact) mass is 346 g/mol. The van der Waals surface area contributed by atoms with Gasteiger partial charge in [0.15, 0.2) is 0 Å². The van der Waals surface area contributed by atoms with Crippen molar-refractivity contribution < 1.29 is 13.2 Å². The van der Waals surface area contributed by atoms with Gasteiger partial charge in [-0.15, -0.1) is 0 Å². The first kappa shape index (κ1) is 17.3. The van der Waals surface area contributed by atoms with Gasteiger partial charge in [0.1, 0.15) is 10.6 Å². The molecule has 1 atom stereocenters. The maximum Gasteiger partial charge on any atom is 0.270 e. The smallest absolute Gasteiger partial charge is 0.270 e. The summed E-state index contributed by atoms with van der Waals surface area (Å²) in [5.74, 6) is 1.33. The third kappa shape index (κ3) is 3.48. The second-order valence-electron chi connectivity index (χ2n) is 5.27. The molecule has 2 rings (SSSR count). The average Bonchev–Trinajstić information content (AvgIpc) is 3.04. The molecule has 1 aliphatic rings. The Morgan fingerprint density at radius 2 is 2.14 bits per heavy atom. The van der Waals surface area contributed by atoms with Gasteiger partial charge in [0.2, 0.25) is 10.0 Å². The number of aromatic amines is 1. The van der Waals surface area contributed by atoms with E-state index < -0.39 is 10.0 Å². The number of carbonyl (C=O) groups is 1. The lowest BCUT2D eigenvalue weighted by atomic mass is 10.2. The second kappa shape index (κ2) is 7.03. The molecule has 1 saturated heterocycles. The molecule has 0 radical (unpaired) electrons. The number of sulfonamides is 1. The number of amides is 1. The van der Waals surface area contributed by atoms with Gasteiger partial charge in [-0.2, -0.15) is 16.1 Å². The first-order valence-corrected chi connectivity index (χ1v) is 9.71. The van der Waals surface area contributed by atoms with Gasteiger partial charge in [-0.3, -0.25) is 4.79 Å². The van der Waals surface area contributed by atoms with Crippen LogP contribution in [0.15, 0.2) is 17.2 Å². The highest BCUT2D eigenvalue weighted by Gasteiger charge is 2.28. The first-order valence-electron chi connectivity index (χ1n) is 7.11. The van der Waals surface area contributed by atoms with Crippen LogP contribution in [0.3, 0.4) is 0 Å². The number of hydrogen-bond donors (Lipinski definition) is 2. The van der Waals surface area contributed by atoms with Crippen LogP contribution in [0.4, 0.5) is 0 Å². The molecule has 1 aliphatic heterocycles. The minimum Gasteiger partial charge on any atom is -0.356 e. The van der Waals surface area contributed by atoms with Crippen molar-refractivity contribution in [2.24, 2.45) is 5.73 Å². The Hall–Kier alpha value is -1.03. The van der Waals surface area contributed by atoms with Gasteiger partial charge in [0, 0.05) is 50.4 Å². The van der Waals surface area contributed by atoms with Crippen molar-refractivity contribution >= 4 is 27.7 Å². The summed E-state index contributed by atoms with van der Waals surface area (Å²) in [6.07, 6.45) is 1.38. The molecule has 0 spiro atoms. The Kier molecular flexibility index (Phi) is 5.54. The molecule has 1 aromatic heterocycles. The molecule has 0 saturated carbocycles. The lowest BCUT2D eigenvalue weighted by Crippen LogP contribution is -2.39. The summed E-state index contributed by atoms with van der Waals surface area (Å²) in [5.41, 5.74) is 5.81. The number of aromatic nitrogens is 1. The van der Waals surface area contributed by atoms with E-state index in [1.54, 1.807) is 18.8 Å². The molecule has 1 fully saturated rings. The Morgan fingerprint density at radius 3 is 2.73 bits per heavy atom. The largest absolute Gasteiger partial charge is 0.356 e. The predicted molar refractivity (Wildman–Crippen MR) is 87.5 cm³/mol. The molecule has 1 aromatic rings. The number of rotatable bonds is 5. The van der Waals surface area contributed by atoms with Crippen LogP contribution in [0.1, 0.15) is 17.4 Å². The van der Waals surface area contributed by atoms with Crippen molar-refractivity contribution in [1.29, 1.82) is 0 Å². The van der Waals surface area contributed by atoms with E-state index in [0.717, 1.165) is 11.5 Å². The van der Waals surface area contributed by atoms with Gasteiger partial charge < -0.3 is 15.6 Å². The van der Waals surface area contributed by atoms with Crippen LogP contribution in [-0.4, -0.2) is 72.7 Å². The number of thioether (sulfide) groups is 1. The topological polar surface area (TPSA) is 99.5 Å². The minimum atomic E-state index is -3.53. The molecule has 22 heavy (non-hydrogen) atoms. The van der Waals surface area contributed by atoms with E-state index in [2.05, 4.69) is 4.98 Å². The van der Waals surface area contributed by atoms with Crippen LogP contribution in [-0.2, 0) is 10.0 Å². The predicted octanol–water partition coefficient (Wildman–Crippen LogP) is 0.171. The van der Waals surface area contributed by atoms with Gasteiger partial charge in [0.05, 0.1) is 0 Å². The number of nitrogens with two attached hydrogens (primary N) is 1. The van der Waals surface area contributed by atoms with Crippen molar-refractivity contribution in [2.45, 2.75) is 17.9 Å². The Bertz CT molecular complexity index is 623. The van der Waals surface area contributed by atoms with Crippen LogP contribution in [0, 0.1) is 0 Å². The normalized spacial score (nSPS) is 18.1. The standard InChI is InChI=1S/C13H22N4O3S2/c1-10(8-14)16(2)13(18)12-7-11(9-15-12)22(19,20)17-3-5-21-6-4-17/h7,9-10,15H,3-6,8,14H2,1-2H3. The van der Waals surface area contributed by atoms with E-state index in [4.69, 9.17) is 5.73 Å². The van der Waals surface area contributed by atoms with Crippen molar-refractivity contribution in [3.8, 4) is 0 Å². The third-order valence-corrected chi connectivity index (χ3v) is 6.64. The van der Waals surface area contributed by atoms with Gasteiger partial charge in [-0.1, -0.05) is 0 Å². The summed E-state index contributed by atoms with van der Waals surface area (Å²) < 4.78 is 26.5. The lowest BCUT2D eigenvalue weighted by Gasteiger charge is -2.25. The second-order valence-corrected chi connectivity index (χ2v) is 8.43. The maximum absolute atomic E-state index is 12.5. The number of nitrogens with zero attached hydrogens (tertiary/aromatic N) is 2. The van der Waals surface area contributed by atoms with Crippen molar-refractivity contribution in [3.63, 3.8) is 0 Å². The molecular weight excluding hydrogens is 324 g/mol. The summed E-state index contributed by atoms with van der Waals surface area (Å²) in [4.78, 5) is 16.7. The van der Waals surface area contributed by atoms with E-state index in [1.165, 1.54) is 21.5 Å².